The molecule has 47 heavy (non-hydrogen) atoms. The summed E-state index contributed by atoms with van der Waals surface area (Å²) in [6, 6.07) is 19.0. The highest BCUT2D eigenvalue weighted by Crippen LogP contribution is 2.49. The van der Waals surface area contributed by atoms with Crippen LogP contribution in [0.25, 0.3) is 10.9 Å². The Balaban J connectivity index is 1.15. The molecule has 4 aromatic rings. The Morgan fingerprint density at radius 3 is 2.47 bits per heavy atom. The van der Waals surface area contributed by atoms with Gasteiger partial charge in [0.25, 0.3) is 5.91 Å². The Hall–Kier alpha value is -4.24. The minimum atomic E-state index is -0.536. The average Bonchev–Trinajstić information content (AvgIpc) is 3.82. The van der Waals surface area contributed by atoms with Crippen LogP contribution in [-0.2, 0) is 9.53 Å². The Labute approximate surface area is 274 Å². The number of likely N-dealkylation sites (tertiary alicyclic amines) is 1. The first-order valence-corrected chi connectivity index (χ1v) is 17.2. The number of halogens is 1. The molecule has 0 radical (unpaired) electrons. The standard InChI is InChI=1S/C38H42FN5O3/c1-23-6-4-10-32(39)35(23)38(46)43-33-11-5-7-25(33)19-31(36(43)24-12-14-28(15-13-24)41-27-8-2-3-9-27)37(45)42-29-16-17-34-26(18-29)20-40-44(34)30-21-47-22-30/h4,6,10,12-18,20,25,27,30-31,33,36,41H,2-3,5,7-9,11,19,21-22H2,1H3,(H,42,45)/t25?,31?,33?,36-/m0/s1. The minimum absolute atomic E-state index is 0.0514. The van der Waals surface area contributed by atoms with Crippen molar-refractivity contribution in [2.75, 3.05) is 23.8 Å². The van der Waals surface area contributed by atoms with E-state index in [-0.39, 0.29) is 35.4 Å². The highest BCUT2D eigenvalue weighted by Gasteiger charge is 2.50. The molecule has 2 saturated heterocycles. The van der Waals surface area contributed by atoms with Crippen molar-refractivity contribution in [1.82, 2.24) is 14.7 Å². The summed E-state index contributed by atoms with van der Waals surface area (Å²) in [5, 5.41) is 12.4. The van der Waals surface area contributed by atoms with E-state index in [1.165, 1.54) is 31.7 Å². The van der Waals surface area contributed by atoms with E-state index in [9.17, 15) is 9.59 Å². The number of hydrogen-bond donors (Lipinski definition) is 2. The van der Waals surface area contributed by atoms with Gasteiger partial charge in [-0.25, -0.2) is 4.39 Å². The third-order valence-electron chi connectivity index (χ3n) is 11.0. The van der Waals surface area contributed by atoms with Crippen LogP contribution in [-0.4, -0.2) is 51.8 Å². The number of carbonyl (C=O) groups is 2. The zero-order valence-electron chi connectivity index (χ0n) is 26.8. The maximum absolute atomic E-state index is 15.4. The Bertz CT molecular complexity index is 1770. The summed E-state index contributed by atoms with van der Waals surface area (Å²) in [6.45, 7) is 3.09. The molecule has 8 nitrogen and oxygen atoms in total. The lowest BCUT2D eigenvalue weighted by molar-refractivity contribution is -0.125. The molecule has 2 N–H and O–H groups in total. The lowest BCUT2D eigenvalue weighted by Crippen LogP contribution is -2.54. The largest absolute Gasteiger partial charge is 0.382 e. The van der Waals surface area contributed by atoms with Crippen molar-refractivity contribution in [3.63, 3.8) is 0 Å². The van der Waals surface area contributed by atoms with E-state index in [1.807, 2.05) is 34.0 Å². The van der Waals surface area contributed by atoms with Crippen LogP contribution in [0, 0.1) is 24.6 Å². The molecule has 2 aliphatic heterocycles. The number of aryl methyl sites for hydroxylation is 1. The monoisotopic (exact) mass is 635 g/mol. The average molecular weight is 636 g/mol. The fourth-order valence-electron chi connectivity index (χ4n) is 8.57. The smallest absolute Gasteiger partial charge is 0.257 e. The predicted molar refractivity (Wildman–Crippen MR) is 180 cm³/mol. The number of anilines is 2. The van der Waals surface area contributed by atoms with Gasteiger partial charge in [-0.3, -0.25) is 14.3 Å². The highest BCUT2D eigenvalue weighted by molar-refractivity contribution is 5.99. The van der Waals surface area contributed by atoms with Crippen molar-refractivity contribution < 1.29 is 18.7 Å². The first-order valence-electron chi connectivity index (χ1n) is 17.2. The van der Waals surface area contributed by atoms with Crippen LogP contribution < -0.4 is 10.6 Å². The topological polar surface area (TPSA) is 88.5 Å². The number of rotatable bonds is 7. The van der Waals surface area contributed by atoms with Crippen molar-refractivity contribution in [3.05, 3.63) is 89.4 Å². The van der Waals surface area contributed by atoms with Gasteiger partial charge in [-0.1, -0.05) is 43.5 Å². The van der Waals surface area contributed by atoms with E-state index in [0.717, 1.165) is 41.4 Å². The van der Waals surface area contributed by atoms with Crippen molar-refractivity contribution in [2.24, 2.45) is 11.8 Å². The molecule has 4 atom stereocenters. The summed E-state index contributed by atoms with van der Waals surface area (Å²) in [5.41, 5.74) is 4.34. The van der Waals surface area contributed by atoms with Crippen LogP contribution in [0.3, 0.4) is 0 Å². The molecule has 3 heterocycles. The highest BCUT2D eigenvalue weighted by atomic mass is 19.1. The number of carbonyl (C=O) groups excluding carboxylic acids is 2. The van der Waals surface area contributed by atoms with E-state index >= 15 is 4.39 Å². The van der Waals surface area contributed by atoms with Gasteiger partial charge in [0.05, 0.1) is 48.5 Å². The summed E-state index contributed by atoms with van der Waals surface area (Å²) in [5.74, 6) is -1.32. The summed E-state index contributed by atoms with van der Waals surface area (Å²) < 4.78 is 22.7. The molecule has 2 saturated carbocycles. The second-order valence-corrected chi connectivity index (χ2v) is 14.0. The predicted octanol–water partition coefficient (Wildman–Crippen LogP) is 7.42. The van der Waals surface area contributed by atoms with Crippen LogP contribution in [0.4, 0.5) is 15.8 Å². The number of fused-ring (bicyclic) bond motifs is 2. The fraction of sp³-hybridized carbons (Fsp3) is 0.447. The summed E-state index contributed by atoms with van der Waals surface area (Å²) >= 11 is 0. The molecule has 1 aromatic heterocycles. The molecular weight excluding hydrogens is 593 g/mol. The Morgan fingerprint density at radius 1 is 0.936 bits per heavy atom. The Kier molecular flexibility index (Phi) is 7.95. The van der Waals surface area contributed by atoms with Crippen molar-refractivity contribution in [1.29, 1.82) is 0 Å². The molecule has 4 fully saturated rings. The molecule has 9 heteroatoms. The molecule has 2 aliphatic carbocycles. The summed E-state index contributed by atoms with van der Waals surface area (Å²) in [7, 11) is 0. The van der Waals surface area contributed by atoms with Gasteiger partial charge in [-0.15, -0.1) is 0 Å². The third kappa shape index (κ3) is 5.58. The maximum Gasteiger partial charge on any atom is 0.257 e. The van der Waals surface area contributed by atoms with Gasteiger partial charge in [-0.2, -0.15) is 5.10 Å². The van der Waals surface area contributed by atoms with Crippen LogP contribution in [0.15, 0.2) is 66.9 Å². The van der Waals surface area contributed by atoms with Crippen LogP contribution in [0.1, 0.15) is 84.9 Å². The second-order valence-electron chi connectivity index (χ2n) is 14.0. The van der Waals surface area contributed by atoms with Gasteiger partial charge < -0.3 is 20.3 Å². The van der Waals surface area contributed by atoms with Gasteiger partial charge in [0.15, 0.2) is 0 Å². The molecule has 4 aliphatic rings. The zero-order chi connectivity index (χ0) is 32.1. The van der Waals surface area contributed by atoms with Gasteiger partial charge >= 0.3 is 0 Å². The number of hydrogen-bond acceptors (Lipinski definition) is 5. The van der Waals surface area contributed by atoms with E-state index in [0.29, 0.717) is 36.9 Å². The van der Waals surface area contributed by atoms with Crippen LogP contribution in [0.5, 0.6) is 0 Å². The summed E-state index contributed by atoms with van der Waals surface area (Å²) in [4.78, 5) is 30.8. The van der Waals surface area contributed by atoms with Gasteiger partial charge in [-0.05, 0) is 92.5 Å². The lowest BCUT2D eigenvalue weighted by Gasteiger charge is -2.48. The first kappa shape index (κ1) is 30.1. The number of nitrogens with zero attached hydrogens (tertiary/aromatic N) is 3. The van der Waals surface area contributed by atoms with Gasteiger partial charge in [0, 0.05) is 28.8 Å². The molecule has 3 unspecified atom stereocenters. The summed E-state index contributed by atoms with van der Waals surface area (Å²) in [6.07, 6.45) is 10.1. The Morgan fingerprint density at radius 2 is 1.72 bits per heavy atom. The normalized spacial score (nSPS) is 24.7. The molecule has 2 amide bonds. The van der Waals surface area contributed by atoms with Crippen LogP contribution in [0.2, 0.25) is 0 Å². The van der Waals surface area contributed by atoms with Crippen LogP contribution >= 0.6 is 0 Å². The number of ether oxygens (including phenoxy) is 1. The van der Waals surface area contributed by atoms with Crippen molar-refractivity contribution in [2.45, 2.75) is 82.5 Å². The molecule has 244 valence electrons. The zero-order valence-corrected chi connectivity index (χ0v) is 26.8. The van der Waals surface area contributed by atoms with E-state index in [1.54, 1.807) is 19.1 Å². The number of piperidine rings is 1. The minimum Gasteiger partial charge on any atom is -0.382 e. The van der Waals surface area contributed by atoms with E-state index < -0.39 is 17.8 Å². The number of nitrogens with one attached hydrogen (secondary N) is 2. The number of aromatic nitrogens is 2. The van der Waals surface area contributed by atoms with Gasteiger partial charge in [0.2, 0.25) is 5.91 Å². The fourth-order valence-corrected chi connectivity index (χ4v) is 8.57. The number of benzene rings is 3. The first-order chi connectivity index (χ1) is 22.9. The quantitative estimate of drug-likeness (QED) is 0.221. The lowest BCUT2D eigenvalue weighted by atomic mass is 9.76. The van der Waals surface area contributed by atoms with E-state index in [2.05, 4.69) is 40.0 Å². The van der Waals surface area contributed by atoms with Crippen molar-refractivity contribution >= 4 is 34.1 Å². The molecular formula is C38H42FN5O3. The molecule has 0 spiro atoms. The number of amides is 2. The van der Waals surface area contributed by atoms with E-state index in [4.69, 9.17) is 4.74 Å². The van der Waals surface area contributed by atoms with Crippen molar-refractivity contribution in [3.8, 4) is 0 Å². The maximum atomic E-state index is 15.4. The third-order valence-corrected chi connectivity index (χ3v) is 11.0. The second kappa shape index (κ2) is 12.4. The SMILES string of the molecule is Cc1cccc(F)c1C(=O)N1C2CCCC2CC(C(=O)Nc2ccc3c(cnn3C3COC3)c2)[C@@H]1c1ccc(NC2CCCC2)cc1. The van der Waals surface area contributed by atoms with Gasteiger partial charge in [0.1, 0.15) is 5.82 Å². The molecule has 8 rings (SSSR count). The molecule has 0 bridgehead atoms. The molecule has 3 aromatic carbocycles.